The molecule has 0 saturated carbocycles. The average Bonchev–Trinajstić information content (AvgIpc) is 3.02. The van der Waals surface area contributed by atoms with E-state index in [1.165, 1.54) is 24.5 Å². The van der Waals surface area contributed by atoms with Crippen LogP contribution in [0.5, 0.6) is 0 Å². The lowest BCUT2D eigenvalue weighted by Gasteiger charge is -2.08. The monoisotopic (exact) mass is 306 g/mol. The van der Waals surface area contributed by atoms with Gasteiger partial charge in [0.2, 0.25) is 0 Å². The van der Waals surface area contributed by atoms with Crippen LogP contribution in [-0.2, 0) is 0 Å². The van der Waals surface area contributed by atoms with Gasteiger partial charge < -0.3 is 14.8 Å². The van der Waals surface area contributed by atoms with E-state index in [1.54, 1.807) is 16.7 Å². The lowest BCUT2D eigenvalue weighted by Crippen LogP contribution is -2.16. The number of carbonyl (C=O) groups excluding carboxylic acids is 1. The van der Waals surface area contributed by atoms with Crippen molar-refractivity contribution in [2.45, 2.75) is 0 Å². The van der Waals surface area contributed by atoms with Crippen molar-refractivity contribution < 1.29 is 14.7 Å². The molecule has 1 aromatic carbocycles. The van der Waals surface area contributed by atoms with Crippen LogP contribution in [0.15, 0.2) is 48.9 Å². The first-order valence-corrected chi connectivity index (χ1v) is 6.60. The highest BCUT2D eigenvalue weighted by Crippen LogP contribution is 2.18. The summed E-state index contributed by atoms with van der Waals surface area (Å²) in [7, 11) is 0. The molecule has 0 saturated heterocycles. The van der Waals surface area contributed by atoms with Gasteiger partial charge in [0.05, 0.1) is 29.2 Å². The molecular weight excluding hydrogens is 296 g/mol. The average molecular weight is 306 g/mol. The fourth-order valence-corrected chi connectivity index (χ4v) is 2.15. The molecule has 2 aromatic heterocycles. The summed E-state index contributed by atoms with van der Waals surface area (Å²) in [6, 6.07) is 11.1. The summed E-state index contributed by atoms with van der Waals surface area (Å²) in [6.45, 7) is 0. The molecule has 3 aromatic rings. The zero-order valence-electron chi connectivity index (χ0n) is 11.7. The normalized spacial score (nSPS) is 10.2. The Kier molecular flexibility index (Phi) is 3.49. The van der Waals surface area contributed by atoms with Crippen LogP contribution >= 0.6 is 0 Å². The van der Waals surface area contributed by atoms with Crippen LogP contribution in [0.25, 0.3) is 5.52 Å². The quantitative estimate of drug-likeness (QED) is 0.771. The topological polar surface area (TPSA) is 107 Å². The zero-order valence-corrected chi connectivity index (χ0v) is 11.7. The van der Waals surface area contributed by atoms with Crippen molar-refractivity contribution in [2.24, 2.45) is 0 Å². The Labute approximate surface area is 130 Å². The summed E-state index contributed by atoms with van der Waals surface area (Å²) in [5.41, 5.74) is 1.12. The maximum absolute atomic E-state index is 12.3. The lowest BCUT2D eigenvalue weighted by molar-refractivity contribution is 0.0698. The number of benzene rings is 1. The number of amides is 1. The summed E-state index contributed by atoms with van der Waals surface area (Å²) >= 11 is 0. The predicted molar refractivity (Wildman–Crippen MR) is 81.3 cm³/mol. The molecule has 2 N–H and O–H groups in total. The van der Waals surface area contributed by atoms with E-state index in [9.17, 15) is 14.7 Å². The van der Waals surface area contributed by atoms with E-state index < -0.39 is 11.9 Å². The minimum atomic E-state index is -1.23. The van der Waals surface area contributed by atoms with Crippen LogP contribution in [0, 0.1) is 11.3 Å². The first-order chi connectivity index (χ1) is 11.1. The number of nitriles is 1. The molecular formula is C16H10N4O3. The molecule has 0 aliphatic rings. The SMILES string of the molecule is N#Cc1ccc(NC(=O)c2cc3cccn3cn2)c(C(=O)O)c1. The van der Waals surface area contributed by atoms with Crippen molar-refractivity contribution in [3.8, 4) is 6.07 Å². The fraction of sp³-hybridized carbons (Fsp3) is 0. The number of carboxylic acid groups (broad SMARTS) is 1. The summed E-state index contributed by atoms with van der Waals surface area (Å²) in [5.74, 6) is -1.76. The van der Waals surface area contributed by atoms with Crippen molar-refractivity contribution in [1.29, 1.82) is 5.26 Å². The largest absolute Gasteiger partial charge is 0.478 e. The van der Waals surface area contributed by atoms with Gasteiger partial charge in [0.15, 0.2) is 0 Å². The number of hydrogen-bond acceptors (Lipinski definition) is 4. The Morgan fingerprint density at radius 1 is 1.26 bits per heavy atom. The lowest BCUT2D eigenvalue weighted by atomic mass is 10.1. The number of nitrogens with zero attached hydrogens (tertiary/aromatic N) is 3. The van der Waals surface area contributed by atoms with Gasteiger partial charge in [0.1, 0.15) is 5.69 Å². The molecule has 0 unspecified atom stereocenters. The highest BCUT2D eigenvalue weighted by atomic mass is 16.4. The number of carboxylic acids is 1. The third kappa shape index (κ3) is 2.73. The molecule has 7 heteroatoms. The van der Waals surface area contributed by atoms with Gasteiger partial charge in [-0.05, 0) is 36.4 Å². The maximum Gasteiger partial charge on any atom is 0.337 e. The molecule has 0 atom stereocenters. The molecule has 3 rings (SSSR count). The van der Waals surface area contributed by atoms with Crippen molar-refractivity contribution in [1.82, 2.24) is 9.38 Å². The molecule has 7 nitrogen and oxygen atoms in total. The van der Waals surface area contributed by atoms with Crippen LogP contribution in [0.4, 0.5) is 5.69 Å². The maximum atomic E-state index is 12.3. The van der Waals surface area contributed by atoms with Crippen LogP contribution in [0.2, 0.25) is 0 Å². The molecule has 0 aliphatic carbocycles. The second-order valence-corrected chi connectivity index (χ2v) is 4.75. The second kappa shape index (κ2) is 5.61. The molecule has 0 spiro atoms. The van der Waals surface area contributed by atoms with Gasteiger partial charge in [0.25, 0.3) is 5.91 Å². The van der Waals surface area contributed by atoms with Gasteiger partial charge in [-0.3, -0.25) is 4.79 Å². The van der Waals surface area contributed by atoms with Crippen LogP contribution in [0.3, 0.4) is 0 Å². The first-order valence-electron chi connectivity index (χ1n) is 6.60. The van der Waals surface area contributed by atoms with E-state index in [0.29, 0.717) is 0 Å². The molecule has 0 radical (unpaired) electrons. The highest BCUT2D eigenvalue weighted by Gasteiger charge is 2.15. The number of hydrogen-bond donors (Lipinski definition) is 2. The van der Waals surface area contributed by atoms with Gasteiger partial charge >= 0.3 is 5.97 Å². The highest BCUT2D eigenvalue weighted by molar-refractivity contribution is 6.07. The number of fused-ring (bicyclic) bond motifs is 1. The Bertz CT molecular complexity index is 969. The Balaban J connectivity index is 1.93. The van der Waals surface area contributed by atoms with Gasteiger partial charge in [-0.15, -0.1) is 0 Å². The van der Waals surface area contributed by atoms with Gasteiger partial charge in [-0.25, -0.2) is 9.78 Å². The van der Waals surface area contributed by atoms with Crippen molar-refractivity contribution in [3.63, 3.8) is 0 Å². The van der Waals surface area contributed by atoms with E-state index >= 15 is 0 Å². The molecule has 1 amide bonds. The number of aromatic carboxylic acids is 1. The zero-order chi connectivity index (χ0) is 16.4. The van der Waals surface area contributed by atoms with E-state index in [1.807, 2.05) is 18.2 Å². The Hall–Kier alpha value is -3.66. The van der Waals surface area contributed by atoms with Gasteiger partial charge in [-0.1, -0.05) is 0 Å². The summed E-state index contributed by atoms with van der Waals surface area (Å²) in [4.78, 5) is 27.6. The van der Waals surface area contributed by atoms with Crippen molar-refractivity contribution in [2.75, 3.05) is 5.32 Å². The smallest absolute Gasteiger partial charge is 0.337 e. The third-order valence-corrected chi connectivity index (χ3v) is 3.28. The molecule has 23 heavy (non-hydrogen) atoms. The van der Waals surface area contributed by atoms with E-state index in [2.05, 4.69) is 10.3 Å². The minimum absolute atomic E-state index is 0.110. The molecule has 2 heterocycles. The molecule has 0 aliphatic heterocycles. The molecule has 112 valence electrons. The number of aromatic nitrogens is 2. The number of anilines is 1. The number of carbonyl (C=O) groups is 2. The summed E-state index contributed by atoms with van der Waals surface area (Å²) in [6.07, 6.45) is 3.30. The van der Waals surface area contributed by atoms with E-state index in [-0.39, 0.29) is 22.5 Å². The second-order valence-electron chi connectivity index (χ2n) is 4.75. The predicted octanol–water partition coefficient (Wildman–Crippen LogP) is 2.16. The number of nitrogens with one attached hydrogen (secondary N) is 1. The summed E-state index contributed by atoms with van der Waals surface area (Å²) < 4.78 is 1.75. The molecule has 0 fully saturated rings. The minimum Gasteiger partial charge on any atom is -0.478 e. The first kappa shape index (κ1) is 14.3. The van der Waals surface area contributed by atoms with Gasteiger partial charge in [0, 0.05) is 11.7 Å². The molecule has 0 bridgehead atoms. The van der Waals surface area contributed by atoms with E-state index in [0.717, 1.165) is 5.52 Å². The van der Waals surface area contributed by atoms with Crippen LogP contribution in [0.1, 0.15) is 26.4 Å². The standard InChI is InChI=1S/C16H10N4O3/c17-8-10-3-4-13(12(6-10)16(22)23)19-15(21)14-7-11-2-1-5-20(11)9-18-14/h1-7,9H,(H,19,21)(H,22,23). The summed E-state index contributed by atoms with van der Waals surface area (Å²) in [5, 5.41) is 20.6. The van der Waals surface area contributed by atoms with Crippen molar-refractivity contribution in [3.05, 3.63) is 65.7 Å². The number of rotatable bonds is 3. The van der Waals surface area contributed by atoms with Crippen LogP contribution < -0.4 is 5.32 Å². The Morgan fingerprint density at radius 2 is 2.09 bits per heavy atom. The third-order valence-electron chi connectivity index (χ3n) is 3.28. The Morgan fingerprint density at radius 3 is 2.83 bits per heavy atom. The van der Waals surface area contributed by atoms with Gasteiger partial charge in [-0.2, -0.15) is 5.26 Å². The van der Waals surface area contributed by atoms with E-state index in [4.69, 9.17) is 5.26 Å². The van der Waals surface area contributed by atoms with Crippen LogP contribution in [-0.4, -0.2) is 26.4 Å². The van der Waals surface area contributed by atoms with Crippen molar-refractivity contribution >= 4 is 23.1 Å². The fourth-order valence-electron chi connectivity index (χ4n) is 2.15.